The van der Waals surface area contributed by atoms with Crippen molar-refractivity contribution >= 4 is 11.9 Å². The maximum atomic E-state index is 14.0. The monoisotopic (exact) mass is 321 g/mol. The molecule has 0 aromatic heterocycles. The topological polar surface area (TPSA) is 52.7 Å². The zero-order valence-corrected chi connectivity index (χ0v) is 13.9. The lowest BCUT2D eigenvalue weighted by Gasteiger charge is -2.38. The summed E-state index contributed by atoms with van der Waals surface area (Å²) in [5.74, 6) is -0.482. The molecule has 1 aliphatic heterocycles. The largest absolute Gasteiger partial charge is 0.338 e. The summed E-state index contributed by atoms with van der Waals surface area (Å²) in [6.45, 7) is 7.85. The van der Waals surface area contributed by atoms with Gasteiger partial charge >= 0.3 is 6.03 Å². The normalized spacial score (nSPS) is 15.5. The fourth-order valence-electron chi connectivity index (χ4n) is 2.85. The third kappa shape index (κ3) is 3.63. The van der Waals surface area contributed by atoms with Gasteiger partial charge < -0.3 is 15.1 Å². The van der Waals surface area contributed by atoms with Gasteiger partial charge in [-0.1, -0.05) is 18.2 Å². The molecule has 3 amide bonds. The molecular formula is C17H24FN3O2. The van der Waals surface area contributed by atoms with Crippen LogP contribution in [0.4, 0.5) is 9.18 Å². The van der Waals surface area contributed by atoms with E-state index in [1.807, 2.05) is 6.92 Å². The first-order valence-corrected chi connectivity index (χ1v) is 7.95. The summed E-state index contributed by atoms with van der Waals surface area (Å²) in [4.78, 5) is 28.0. The molecule has 0 aliphatic carbocycles. The van der Waals surface area contributed by atoms with Crippen molar-refractivity contribution in [2.24, 2.45) is 0 Å². The lowest BCUT2D eigenvalue weighted by Crippen LogP contribution is -2.56. The highest BCUT2D eigenvalue weighted by Crippen LogP contribution is 2.28. The van der Waals surface area contributed by atoms with Crippen LogP contribution in [0, 0.1) is 5.82 Å². The van der Waals surface area contributed by atoms with Gasteiger partial charge in [-0.05, 0) is 26.8 Å². The van der Waals surface area contributed by atoms with Crippen LogP contribution in [0.25, 0.3) is 0 Å². The van der Waals surface area contributed by atoms with Crippen LogP contribution in [0.1, 0.15) is 26.3 Å². The number of hydrogen-bond donors (Lipinski definition) is 1. The SMILES string of the molecule is CCNC(=O)N1CCN(C(=O)C(C)(C)c2ccccc2F)CC1. The summed E-state index contributed by atoms with van der Waals surface area (Å²) in [5.41, 5.74) is -0.532. The molecule has 0 atom stereocenters. The quantitative estimate of drug-likeness (QED) is 0.925. The minimum Gasteiger partial charge on any atom is -0.338 e. The lowest BCUT2D eigenvalue weighted by atomic mass is 9.82. The Balaban J connectivity index is 2.05. The van der Waals surface area contributed by atoms with Crippen molar-refractivity contribution in [3.8, 4) is 0 Å². The molecule has 1 N–H and O–H groups in total. The number of amides is 3. The summed E-state index contributed by atoms with van der Waals surface area (Å²) in [6.07, 6.45) is 0. The van der Waals surface area contributed by atoms with E-state index in [-0.39, 0.29) is 17.8 Å². The zero-order valence-electron chi connectivity index (χ0n) is 13.9. The number of halogens is 1. The molecule has 5 nitrogen and oxygen atoms in total. The van der Waals surface area contributed by atoms with Crippen LogP contribution in [0.5, 0.6) is 0 Å². The van der Waals surface area contributed by atoms with Gasteiger partial charge in [0.05, 0.1) is 5.41 Å². The minimum absolute atomic E-state index is 0.104. The van der Waals surface area contributed by atoms with Crippen molar-refractivity contribution < 1.29 is 14.0 Å². The zero-order chi connectivity index (χ0) is 17.0. The molecule has 0 saturated carbocycles. The van der Waals surface area contributed by atoms with Gasteiger partial charge in [-0.2, -0.15) is 0 Å². The van der Waals surface area contributed by atoms with E-state index in [9.17, 15) is 14.0 Å². The fourth-order valence-corrected chi connectivity index (χ4v) is 2.85. The molecule has 2 rings (SSSR count). The Morgan fingerprint density at radius 3 is 2.26 bits per heavy atom. The average molecular weight is 321 g/mol. The summed E-state index contributed by atoms with van der Waals surface area (Å²) in [5, 5.41) is 2.76. The third-order valence-electron chi connectivity index (χ3n) is 4.26. The Hall–Kier alpha value is -2.11. The Morgan fingerprint density at radius 1 is 1.13 bits per heavy atom. The molecule has 0 radical (unpaired) electrons. The summed E-state index contributed by atoms with van der Waals surface area (Å²) >= 11 is 0. The van der Waals surface area contributed by atoms with Crippen LogP contribution < -0.4 is 5.32 Å². The van der Waals surface area contributed by atoms with Crippen LogP contribution in [0.15, 0.2) is 24.3 Å². The number of urea groups is 1. The second kappa shape index (κ2) is 6.98. The third-order valence-corrected chi connectivity index (χ3v) is 4.26. The Bertz CT molecular complexity index is 581. The standard InChI is InChI=1S/C17H24FN3O2/c1-4-19-16(23)21-11-9-20(10-12-21)15(22)17(2,3)13-7-5-6-8-14(13)18/h5-8H,4,9-12H2,1-3H3,(H,19,23). The number of nitrogens with one attached hydrogen (secondary N) is 1. The van der Waals surface area contributed by atoms with Crippen LogP contribution >= 0.6 is 0 Å². The highest BCUT2D eigenvalue weighted by atomic mass is 19.1. The molecule has 6 heteroatoms. The first-order valence-electron chi connectivity index (χ1n) is 7.95. The maximum Gasteiger partial charge on any atom is 0.317 e. The van der Waals surface area contributed by atoms with E-state index in [0.29, 0.717) is 38.3 Å². The average Bonchev–Trinajstić information content (AvgIpc) is 2.54. The van der Waals surface area contributed by atoms with Gasteiger partial charge in [-0.15, -0.1) is 0 Å². The molecule has 0 unspecified atom stereocenters. The minimum atomic E-state index is -0.931. The Kier molecular flexibility index (Phi) is 5.23. The number of hydrogen-bond acceptors (Lipinski definition) is 2. The molecule has 126 valence electrons. The van der Waals surface area contributed by atoms with Gasteiger partial charge in [0, 0.05) is 38.3 Å². The number of carbonyl (C=O) groups excluding carboxylic acids is 2. The van der Waals surface area contributed by atoms with Gasteiger partial charge in [0.2, 0.25) is 5.91 Å². The molecule has 1 fully saturated rings. The number of rotatable bonds is 3. The van der Waals surface area contributed by atoms with Crippen LogP contribution in [0.3, 0.4) is 0 Å². The summed E-state index contributed by atoms with van der Waals surface area (Å²) < 4.78 is 14.0. The van der Waals surface area contributed by atoms with E-state index in [1.54, 1.807) is 41.8 Å². The van der Waals surface area contributed by atoms with Gasteiger partial charge in [-0.25, -0.2) is 9.18 Å². The van der Waals surface area contributed by atoms with Gasteiger partial charge in [0.1, 0.15) is 5.82 Å². The van der Waals surface area contributed by atoms with Gasteiger partial charge in [-0.3, -0.25) is 4.79 Å². The van der Waals surface area contributed by atoms with Crippen molar-refractivity contribution in [3.63, 3.8) is 0 Å². The van der Waals surface area contributed by atoms with Crippen molar-refractivity contribution in [1.82, 2.24) is 15.1 Å². The van der Waals surface area contributed by atoms with Crippen molar-refractivity contribution in [2.75, 3.05) is 32.7 Å². The number of carbonyl (C=O) groups is 2. The second-order valence-corrected chi connectivity index (χ2v) is 6.22. The van der Waals surface area contributed by atoms with E-state index >= 15 is 0 Å². The first kappa shape index (κ1) is 17.2. The van der Waals surface area contributed by atoms with Crippen LogP contribution in [-0.4, -0.2) is 54.5 Å². The predicted octanol–water partition coefficient (Wildman–Crippen LogP) is 1.98. The summed E-state index contributed by atoms with van der Waals surface area (Å²) in [6, 6.07) is 6.27. The number of benzene rings is 1. The van der Waals surface area contributed by atoms with Crippen molar-refractivity contribution in [1.29, 1.82) is 0 Å². The lowest BCUT2D eigenvalue weighted by molar-refractivity contribution is -0.137. The molecule has 0 bridgehead atoms. The van der Waals surface area contributed by atoms with E-state index < -0.39 is 5.41 Å². The van der Waals surface area contributed by atoms with Crippen molar-refractivity contribution in [3.05, 3.63) is 35.6 Å². The van der Waals surface area contributed by atoms with E-state index in [4.69, 9.17) is 0 Å². The second-order valence-electron chi connectivity index (χ2n) is 6.22. The molecule has 1 saturated heterocycles. The number of nitrogens with zero attached hydrogens (tertiary/aromatic N) is 2. The molecule has 1 aliphatic rings. The van der Waals surface area contributed by atoms with Gasteiger partial charge in [0.25, 0.3) is 0 Å². The molecule has 1 aromatic rings. The van der Waals surface area contributed by atoms with E-state index in [0.717, 1.165) is 0 Å². The van der Waals surface area contributed by atoms with E-state index in [2.05, 4.69) is 5.32 Å². The van der Waals surface area contributed by atoms with E-state index in [1.165, 1.54) is 6.07 Å². The highest BCUT2D eigenvalue weighted by molar-refractivity contribution is 5.87. The highest BCUT2D eigenvalue weighted by Gasteiger charge is 2.37. The van der Waals surface area contributed by atoms with Crippen LogP contribution in [0.2, 0.25) is 0 Å². The molecule has 0 spiro atoms. The molecule has 1 aromatic carbocycles. The van der Waals surface area contributed by atoms with Gasteiger partial charge in [0.15, 0.2) is 0 Å². The smallest absolute Gasteiger partial charge is 0.317 e. The van der Waals surface area contributed by atoms with Crippen molar-refractivity contribution in [2.45, 2.75) is 26.2 Å². The Labute approximate surface area is 136 Å². The number of piperazine rings is 1. The Morgan fingerprint density at radius 2 is 1.70 bits per heavy atom. The fraction of sp³-hybridized carbons (Fsp3) is 0.529. The predicted molar refractivity (Wildman–Crippen MR) is 86.7 cm³/mol. The molecular weight excluding hydrogens is 297 g/mol. The maximum absolute atomic E-state index is 14.0. The molecule has 1 heterocycles. The van der Waals surface area contributed by atoms with Crippen LogP contribution in [-0.2, 0) is 10.2 Å². The summed E-state index contributed by atoms with van der Waals surface area (Å²) in [7, 11) is 0. The first-order chi connectivity index (χ1) is 10.9. The molecule has 23 heavy (non-hydrogen) atoms.